The minimum absolute atomic E-state index is 0.100. The standard InChI is InChI=1S/C20H17ClN2O3/c21-16-10-8-15(9-11-16)20(25)23(13-18-7-4-12-26-18)14-19(24)22-17-5-2-1-3-6-17/h1-12H,13-14H2,(H,22,24). The van der Waals surface area contributed by atoms with Crippen molar-refractivity contribution in [3.05, 3.63) is 89.3 Å². The summed E-state index contributed by atoms with van der Waals surface area (Å²) in [5.41, 5.74) is 1.13. The van der Waals surface area contributed by atoms with E-state index in [4.69, 9.17) is 16.0 Å². The Kier molecular flexibility index (Phi) is 5.71. The molecule has 0 bridgehead atoms. The minimum atomic E-state index is -0.287. The molecule has 5 nitrogen and oxygen atoms in total. The molecule has 0 aliphatic rings. The van der Waals surface area contributed by atoms with Crippen LogP contribution in [-0.4, -0.2) is 23.3 Å². The van der Waals surface area contributed by atoms with E-state index in [1.807, 2.05) is 18.2 Å². The molecule has 1 aromatic heterocycles. The number of halogens is 1. The second kappa shape index (κ2) is 8.36. The minimum Gasteiger partial charge on any atom is -0.467 e. The molecule has 26 heavy (non-hydrogen) atoms. The van der Waals surface area contributed by atoms with Gasteiger partial charge in [0.05, 0.1) is 12.8 Å². The molecule has 1 N–H and O–H groups in total. The SMILES string of the molecule is O=C(CN(Cc1ccco1)C(=O)c1ccc(Cl)cc1)Nc1ccccc1. The average Bonchev–Trinajstić information content (AvgIpc) is 3.15. The summed E-state index contributed by atoms with van der Waals surface area (Å²) in [6.45, 7) is 0.0910. The van der Waals surface area contributed by atoms with E-state index in [1.165, 1.54) is 11.2 Å². The lowest BCUT2D eigenvalue weighted by Gasteiger charge is -2.21. The van der Waals surface area contributed by atoms with Gasteiger partial charge >= 0.3 is 0 Å². The number of hydrogen-bond acceptors (Lipinski definition) is 3. The van der Waals surface area contributed by atoms with Gasteiger partial charge in [-0.3, -0.25) is 9.59 Å². The van der Waals surface area contributed by atoms with Crippen LogP contribution in [0.1, 0.15) is 16.1 Å². The van der Waals surface area contributed by atoms with Gasteiger partial charge in [0.25, 0.3) is 5.91 Å². The Morgan fingerprint density at radius 3 is 2.35 bits per heavy atom. The molecular weight excluding hydrogens is 352 g/mol. The molecule has 132 valence electrons. The highest BCUT2D eigenvalue weighted by atomic mass is 35.5. The first-order valence-electron chi connectivity index (χ1n) is 8.04. The third-order valence-corrected chi connectivity index (χ3v) is 3.95. The molecule has 1 heterocycles. The van der Waals surface area contributed by atoms with Gasteiger partial charge in [-0.05, 0) is 48.5 Å². The van der Waals surface area contributed by atoms with E-state index in [2.05, 4.69) is 5.32 Å². The van der Waals surface area contributed by atoms with Crippen LogP contribution in [0.5, 0.6) is 0 Å². The Bertz CT molecular complexity index is 862. The van der Waals surface area contributed by atoms with Crippen LogP contribution >= 0.6 is 11.6 Å². The summed E-state index contributed by atoms with van der Waals surface area (Å²) >= 11 is 5.88. The van der Waals surface area contributed by atoms with Gasteiger partial charge in [-0.25, -0.2) is 0 Å². The fraction of sp³-hybridized carbons (Fsp3) is 0.100. The van der Waals surface area contributed by atoms with Gasteiger partial charge in [0.15, 0.2) is 0 Å². The van der Waals surface area contributed by atoms with Crippen molar-refractivity contribution in [1.82, 2.24) is 4.90 Å². The van der Waals surface area contributed by atoms with Crippen LogP contribution in [0.25, 0.3) is 0 Å². The summed E-state index contributed by atoms with van der Waals surface area (Å²) in [7, 11) is 0. The van der Waals surface area contributed by atoms with Gasteiger partial charge in [0.1, 0.15) is 12.3 Å². The predicted molar refractivity (Wildman–Crippen MR) is 100.0 cm³/mol. The van der Waals surface area contributed by atoms with Crippen LogP contribution in [0.2, 0.25) is 5.02 Å². The molecule has 6 heteroatoms. The normalized spacial score (nSPS) is 10.3. The van der Waals surface area contributed by atoms with Crippen molar-refractivity contribution in [2.45, 2.75) is 6.54 Å². The molecule has 0 spiro atoms. The van der Waals surface area contributed by atoms with E-state index in [-0.39, 0.29) is 24.9 Å². The monoisotopic (exact) mass is 368 g/mol. The topological polar surface area (TPSA) is 62.6 Å². The van der Waals surface area contributed by atoms with Gasteiger partial charge < -0.3 is 14.6 Å². The number of anilines is 1. The Hall–Kier alpha value is -3.05. The lowest BCUT2D eigenvalue weighted by atomic mass is 10.2. The maximum Gasteiger partial charge on any atom is 0.254 e. The van der Waals surface area contributed by atoms with Crippen LogP contribution in [0, 0.1) is 0 Å². The fourth-order valence-electron chi connectivity index (χ4n) is 2.46. The third-order valence-electron chi connectivity index (χ3n) is 3.70. The number of amides is 2. The van der Waals surface area contributed by atoms with Crippen molar-refractivity contribution < 1.29 is 14.0 Å². The Labute approximate surface area is 156 Å². The Balaban J connectivity index is 1.75. The second-order valence-electron chi connectivity index (χ2n) is 5.66. The van der Waals surface area contributed by atoms with Crippen LogP contribution in [-0.2, 0) is 11.3 Å². The number of para-hydroxylation sites is 1. The van der Waals surface area contributed by atoms with Gasteiger partial charge in [-0.15, -0.1) is 0 Å². The van der Waals surface area contributed by atoms with Crippen LogP contribution < -0.4 is 5.32 Å². The zero-order valence-corrected chi connectivity index (χ0v) is 14.6. The summed E-state index contributed by atoms with van der Waals surface area (Å²) < 4.78 is 5.32. The number of hydrogen-bond donors (Lipinski definition) is 1. The molecular formula is C20H17ClN2O3. The largest absolute Gasteiger partial charge is 0.467 e. The summed E-state index contributed by atoms with van der Waals surface area (Å²) in [6, 6.07) is 19.2. The molecule has 0 unspecified atom stereocenters. The summed E-state index contributed by atoms with van der Waals surface area (Å²) in [5.74, 6) is 0.0335. The average molecular weight is 369 g/mol. The maximum absolute atomic E-state index is 12.8. The molecule has 2 aromatic carbocycles. The van der Waals surface area contributed by atoms with Gasteiger partial charge in [0, 0.05) is 16.3 Å². The number of carbonyl (C=O) groups excluding carboxylic acids is 2. The summed E-state index contributed by atoms with van der Waals surface area (Å²) in [5, 5.41) is 3.33. The number of furan rings is 1. The quantitative estimate of drug-likeness (QED) is 0.708. The van der Waals surface area contributed by atoms with Gasteiger partial charge in [-0.2, -0.15) is 0 Å². The van der Waals surface area contributed by atoms with E-state index in [0.717, 1.165) is 0 Å². The fourth-order valence-corrected chi connectivity index (χ4v) is 2.59. The molecule has 0 radical (unpaired) electrons. The third kappa shape index (κ3) is 4.74. The number of nitrogens with zero attached hydrogens (tertiary/aromatic N) is 1. The predicted octanol–water partition coefficient (Wildman–Crippen LogP) is 4.21. The van der Waals surface area contributed by atoms with Gasteiger partial charge in [0.2, 0.25) is 5.91 Å². The van der Waals surface area contributed by atoms with Crippen LogP contribution in [0.4, 0.5) is 5.69 Å². The molecule has 3 aromatic rings. The smallest absolute Gasteiger partial charge is 0.254 e. The first kappa shape index (κ1) is 17.8. The van der Waals surface area contributed by atoms with Crippen LogP contribution in [0.3, 0.4) is 0 Å². The van der Waals surface area contributed by atoms with Gasteiger partial charge in [-0.1, -0.05) is 29.8 Å². The molecule has 0 aliphatic heterocycles. The number of nitrogens with one attached hydrogen (secondary N) is 1. The molecule has 3 rings (SSSR count). The highest BCUT2D eigenvalue weighted by molar-refractivity contribution is 6.30. The highest BCUT2D eigenvalue weighted by Crippen LogP contribution is 2.14. The van der Waals surface area contributed by atoms with Crippen molar-refractivity contribution in [3.8, 4) is 0 Å². The lowest BCUT2D eigenvalue weighted by Crippen LogP contribution is -2.37. The zero-order valence-electron chi connectivity index (χ0n) is 13.9. The number of rotatable bonds is 6. The van der Waals surface area contributed by atoms with E-state index in [0.29, 0.717) is 22.0 Å². The Morgan fingerprint density at radius 1 is 0.962 bits per heavy atom. The van der Waals surface area contributed by atoms with Crippen molar-refractivity contribution in [2.75, 3.05) is 11.9 Å². The molecule has 0 aliphatic carbocycles. The first-order valence-corrected chi connectivity index (χ1v) is 8.42. The van der Waals surface area contributed by atoms with E-state index in [9.17, 15) is 9.59 Å². The van der Waals surface area contributed by atoms with E-state index in [1.54, 1.807) is 48.5 Å². The maximum atomic E-state index is 12.8. The van der Waals surface area contributed by atoms with Crippen molar-refractivity contribution in [2.24, 2.45) is 0 Å². The summed E-state index contributed by atoms with van der Waals surface area (Å²) in [6.07, 6.45) is 1.53. The first-order chi connectivity index (χ1) is 12.6. The van der Waals surface area contributed by atoms with Crippen LogP contribution in [0.15, 0.2) is 77.4 Å². The lowest BCUT2D eigenvalue weighted by molar-refractivity contribution is -0.117. The van der Waals surface area contributed by atoms with Crippen molar-refractivity contribution in [1.29, 1.82) is 0 Å². The van der Waals surface area contributed by atoms with E-state index < -0.39 is 0 Å². The number of benzene rings is 2. The van der Waals surface area contributed by atoms with Crippen molar-refractivity contribution in [3.63, 3.8) is 0 Å². The molecule has 0 atom stereocenters. The zero-order chi connectivity index (χ0) is 18.4. The van der Waals surface area contributed by atoms with E-state index >= 15 is 0 Å². The molecule has 0 fully saturated rings. The Morgan fingerprint density at radius 2 is 1.69 bits per heavy atom. The molecule has 0 saturated heterocycles. The summed E-state index contributed by atoms with van der Waals surface area (Å²) in [4.78, 5) is 26.6. The number of carbonyl (C=O) groups is 2. The van der Waals surface area contributed by atoms with Crippen molar-refractivity contribution >= 4 is 29.1 Å². The second-order valence-corrected chi connectivity index (χ2v) is 6.10. The molecule has 0 saturated carbocycles. The highest BCUT2D eigenvalue weighted by Gasteiger charge is 2.20. The molecule has 2 amide bonds.